The van der Waals surface area contributed by atoms with E-state index >= 15 is 0 Å². The van der Waals surface area contributed by atoms with Crippen molar-refractivity contribution in [1.82, 2.24) is 0 Å². The van der Waals surface area contributed by atoms with Crippen LogP contribution in [0.1, 0.15) is 52.9 Å². The lowest BCUT2D eigenvalue weighted by molar-refractivity contribution is 0.159. The normalized spacial score (nSPS) is 10.9. The van der Waals surface area contributed by atoms with E-state index in [0.717, 1.165) is 25.7 Å². The smallest absolute Gasteiger partial charge is 0.0621 e. The fourth-order valence-electron chi connectivity index (χ4n) is 0.649. The van der Waals surface area contributed by atoms with Gasteiger partial charge in [-0.25, -0.2) is 0 Å². The predicted octanol–water partition coefficient (Wildman–Crippen LogP) is 2.87. The van der Waals surface area contributed by atoms with E-state index in [1.54, 1.807) is 0 Å². The van der Waals surface area contributed by atoms with Crippen LogP contribution in [0.15, 0.2) is 0 Å². The van der Waals surface area contributed by atoms with Crippen molar-refractivity contribution in [3.63, 3.8) is 0 Å². The number of rotatable bonds is 4. The maximum absolute atomic E-state index is 8.86. The van der Waals surface area contributed by atoms with Crippen molar-refractivity contribution in [2.24, 2.45) is 0 Å². The van der Waals surface area contributed by atoms with Gasteiger partial charge in [-0.05, 0) is 19.3 Å². The SMILES string of the molecule is CCCC#N.CCCC(O)CC. The van der Waals surface area contributed by atoms with E-state index in [9.17, 15) is 0 Å². The number of nitrogens with zero attached hydrogens (tertiary/aromatic N) is 1. The van der Waals surface area contributed by atoms with Gasteiger partial charge < -0.3 is 5.11 Å². The molecule has 0 rings (SSSR count). The maximum atomic E-state index is 8.86. The Labute approximate surface area is 76.2 Å². The zero-order valence-corrected chi connectivity index (χ0v) is 8.51. The molecule has 2 heteroatoms. The first-order valence-corrected chi connectivity index (χ1v) is 4.77. The molecule has 0 aromatic carbocycles. The van der Waals surface area contributed by atoms with Gasteiger partial charge in [-0.3, -0.25) is 0 Å². The summed E-state index contributed by atoms with van der Waals surface area (Å²) in [5.41, 5.74) is 0. The van der Waals surface area contributed by atoms with Crippen LogP contribution in [0.25, 0.3) is 0 Å². The maximum Gasteiger partial charge on any atom is 0.0621 e. The summed E-state index contributed by atoms with van der Waals surface area (Å²) in [5.74, 6) is 0. The van der Waals surface area contributed by atoms with Gasteiger partial charge in [0.25, 0.3) is 0 Å². The largest absolute Gasteiger partial charge is 0.393 e. The van der Waals surface area contributed by atoms with Crippen molar-refractivity contribution in [1.29, 1.82) is 5.26 Å². The minimum Gasteiger partial charge on any atom is -0.393 e. The average Bonchev–Trinajstić information content (AvgIpc) is 2.07. The van der Waals surface area contributed by atoms with Gasteiger partial charge in [0.1, 0.15) is 0 Å². The van der Waals surface area contributed by atoms with Crippen LogP contribution in [-0.4, -0.2) is 11.2 Å². The topological polar surface area (TPSA) is 44.0 Å². The fourth-order valence-corrected chi connectivity index (χ4v) is 0.649. The third-order valence-corrected chi connectivity index (χ3v) is 1.45. The Hall–Kier alpha value is -0.550. The Morgan fingerprint density at radius 2 is 1.83 bits per heavy atom. The summed E-state index contributed by atoms with van der Waals surface area (Å²) < 4.78 is 0. The van der Waals surface area contributed by atoms with E-state index in [2.05, 4.69) is 6.92 Å². The Kier molecular flexibility index (Phi) is 15.2. The number of hydrogen-bond acceptors (Lipinski definition) is 2. The van der Waals surface area contributed by atoms with Gasteiger partial charge >= 0.3 is 0 Å². The summed E-state index contributed by atoms with van der Waals surface area (Å²) in [5, 5.41) is 16.7. The van der Waals surface area contributed by atoms with E-state index in [1.165, 1.54) is 0 Å². The van der Waals surface area contributed by atoms with Gasteiger partial charge in [0.05, 0.1) is 12.2 Å². The third kappa shape index (κ3) is 16.2. The van der Waals surface area contributed by atoms with Gasteiger partial charge in [0, 0.05) is 6.42 Å². The molecule has 0 aliphatic carbocycles. The molecule has 0 aliphatic rings. The molecule has 0 heterocycles. The van der Waals surface area contributed by atoms with Crippen molar-refractivity contribution in [3.8, 4) is 6.07 Å². The number of aliphatic hydroxyl groups is 1. The molecule has 0 radical (unpaired) electrons. The monoisotopic (exact) mass is 171 g/mol. The molecule has 0 fully saturated rings. The van der Waals surface area contributed by atoms with Gasteiger partial charge in [-0.15, -0.1) is 0 Å². The van der Waals surface area contributed by atoms with E-state index in [4.69, 9.17) is 10.4 Å². The highest BCUT2D eigenvalue weighted by Gasteiger charge is 1.94. The molecule has 0 saturated heterocycles. The Morgan fingerprint density at radius 1 is 1.25 bits per heavy atom. The second-order valence-corrected chi connectivity index (χ2v) is 2.76. The third-order valence-electron chi connectivity index (χ3n) is 1.45. The molecule has 2 nitrogen and oxygen atoms in total. The second-order valence-electron chi connectivity index (χ2n) is 2.76. The summed E-state index contributed by atoms with van der Waals surface area (Å²) in [4.78, 5) is 0. The van der Waals surface area contributed by atoms with E-state index in [-0.39, 0.29) is 6.10 Å². The lowest BCUT2D eigenvalue weighted by Crippen LogP contribution is -2.01. The van der Waals surface area contributed by atoms with Crippen molar-refractivity contribution in [2.45, 2.75) is 59.0 Å². The quantitative estimate of drug-likeness (QED) is 0.706. The lowest BCUT2D eigenvalue weighted by atomic mass is 10.2. The molecule has 0 aliphatic heterocycles. The molecule has 0 spiro atoms. The van der Waals surface area contributed by atoms with E-state index in [1.807, 2.05) is 19.9 Å². The van der Waals surface area contributed by atoms with Crippen LogP contribution in [0.4, 0.5) is 0 Å². The molecule has 1 atom stereocenters. The molecule has 0 saturated carbocycles. The van der Waals surface area contributed by atoms with Crippen LogP contribution in [0.5, 0.6) is 0 Å². The standard InChI is InChI=1S/C6H14O.C4H7N/c1-3-5-6(7)4-2;1-2-3-4-5/h6-7H,3-5H2,1-2H3;2-3H2,1H3. The minimum atomic E-state index is -0.0509. The van der Waals surface area contributed by atoms with Crippen molar-refractivity contribution < 1.29 is 5.11 Å². The second kappa shape index (κ2) is 13.1. The first-order valence-electron chi connectivity index (χ1n) is 4.77. The van der Waals surface area contributed by atoms with Gasteiger partial charge in [-0.1, -0.05) is 27.2 Å². The van der Waals surface area contributed by atoms with Crippen LogP contribution < -0.4 is 0 Å². The summed E-state index contributed by atoms with van der Waals surface area (Å²) in [6.07, 6.45) is 4.57. The number of hydrogen-bond donors (Lipinski definition) is 1. The predicted molar refractivity (Wildman–Crippen MR) is 51.7 cm³/mol. The van der Waals surface area contributed by atoms with Crippen LogP contribution in [-0.2, 0) is 0 Å². The Bertz CT molecular complexity index is 107. The summed E-state index contributed by atoms with van der Waals surface area (Å²) >= 11 is 0. The lowest BCUT2D eigenvalue weighted by Gasteiger charge is -2.01. The molecular formula is C10H21NO. The van der Waals surface area contributed by atoms with Crippen LogP contribution in [0, 0.1) is 11.3 Å². The average molecular weight is 171 g/mol. The highest BCUT2D eigenvalue weighted by Crippen LogP contribution is 1.98. The molecular weight excluding hydrogens is 150 g/mol. The summed E-state index contributed by atoms with van der Waals surface area (Å²) in [6.45, 7) is 6.07. The van der Waals surface area contributed by atoms with Crippen molar-refractivity contribution >= 4 is 0 Å². The zero-order chi connectivity index (χ0) is 9.82. The van der Waals surface area contributed by atoms with E-state index < -0.39 is 0 Å². The summed E-state index contributed by atoms with van der Waals surface area (Å²) in [6, 6.07) is 2.02. The highest BCUT2D eigenvalue weighted by molar-refractivity contribution is 4.65. The summed E-state index contributed by atoms with van der Waals surface area (Å²) in [7, 11) is 0. The van der Waals surface area contributed by atoms with Crippen molar-refractivity contribution in [2.75, 3.05) is 0 Å². The Balaban J connectivity index is 0. The van der Waals surface area contributed by atoms with Crippen LogP contribution in [0.2, 0.25) is 0 Å². The first-order chi connectivity index (χ1) is 5.72. The van der Waals surface area contributed by atoms with Gasteiger partial charge in [0.15, 0.2) is 0 Å². The molecule has 0 amide bonds. The first kappa shape index (κ1) is 14.0. The van der Waals surface area contributed by atoms with Crippen molar-refractivity contribution in [3.05, 3.63) is 0 Å². The van der Waals surface area contributed by atoms with Gasteiger partial charge in [-0.2, -0.15) is 5.26 Å². The highest BCUT2D eigenvalue weighted by atomic mass is 16.3. The number of nitriles is 1. The zero-order valence-electron chi connectivity index (χ0n) is 8.51. The van der Waals surface area contributed by atoms with Gasteiger partial charge in [0.2, 0.25) is 0 Å². The number of aliphatic hydroxyl groups excluding tert-OH is 1. The van der Waals surface area contributed by atoms with Crippen LogP contribution >= 0.6 is 0 Å². The van der Waals surface area contributed by atoms with E-state index in [0.29, 0.717) is 6.42 Å². The molecule has 1 N–H and O–H groups in total. The number of unbranched alkanes of at least 4 members (excludes halogenated alkanes) is 1. The Morgan fingerprint density at radius 3 is 1.92 bits per heavy atom. The molecule has 0 aromatic heterocycles. The molecule has 72 valence electrons. The molecule has 12 heavy (non-hydrogen) atoms. The molecule has 1 unspecified atom stereocenters. The minimum absolute atomic E-state index is 0.0509. The fraction of sp³-hybridized carbons (Fsp3) is 0.900. The molecule has 0 aromatic rings. The van der Waals surface area contributed by atoms with Crippen LogP contribution in [0.3, 0.4) is 0 Å². The molecule has 0 bridgehead atoms.